The van der Waals surface area contributed by atoms with Crippen molar-refractivity contribution in [3.05, 3.63) is 69.1 Å². The van der Waals surface area contributed by atoms with Gasteiger partial charge in [-0.2, -0.15) is 5.10 Å². The molecule has 2 aromatic heterocycles. The van der Waals surface area contributed by atoms with Crippen molar-refractivity contribution in [1.29, 1.82) is 0 Å². The SMILES string of the molecule is Cc1c(C(=O)NC[C@@H](c2cccs2)N2CCCC2)cnn1-c1cccc(Cl)c1. The molecule has 1 aliphatic rings. The summed E-state index contributed by atoms with van der Waals surface area (Å²) < 4.78 is 1.75. The van der Waals surface area contributed by atoms with Crippen LogP contribution >= 0.6 is 22.9 Å². The van der Waals surface area contributed by atoms with Gasteiger partial charge in [0.2, 0.25) is 0 Å². The van der Waals surface area contributed by atoms with Crippen LogP contribution in [0.5, 0.6) is 0 Å². The summed E-state index contributed by atoms with van der Waals surface area (Å²) >= 11 is 7.84. The third-order valence-corrected chi connectivity index (χ3v) is 6.42. The lowest BCUT2D eigenvalue weighted by atomic mass is 10.2. The molecule has 1 amide bonds. The monoisotopic (exact) mass is 414 g/mol. The number of hydrogen-bond acceptors (Lipinski definition) is 4. The number of carbonyl (C=O) groups excluding carboxylic acids is 1. The first-order chi connectivity index (χ1) is 13.6. The van der Waals surface area contributed by atoms with E-state index in [4.69, 9.17) is 11.6 Å². The van der Waals surface area contributed by atoms with Crippen molar-refractivity contribution < 1.29 is 4.79 Å². The van der Waals surface area contributed by atoms with Gasteiger partial charge in [0.1, 0.15) is 0 Å². The van der Waals surface area contributed by atoms with Crippen molar-refractivity contribution in [2.24, 2.45) is 0 Å². The summed E-state index contributed by atoms with van der Waals surface area (Å²) in [5, 5.41) is 10.3. The van der Waals surface area contributed by atoms with Gasteiger partial charge in [-0.1, -0.05) is 23.7 Å². The van der Waals surface area contributed by atoms with E-state index in [1.54, 1.807) is 22.2 Å². The Morgan fingerprint density at radius 1 is 1.29 bits per heavy atom. The number of aromatic nitrogens is 2. The molecule has 3 heterocycles. The van der Waals surface area contributed by atoms with Crippen molar-refractivity contribution >= 4 is 28.8 Å². The fraction of sp³-hybridized carbons (Fsp3) is 0.333. The average molecular weight is 415 g/mol. The zero-order valence-corrected chi connectivity index (χ0v) is 17.3. The van der Waals surface area contributed by atoms with Gasteiger partial charge < -0.3 is 5.32 Å². The van der Waals surface area contributed by atoms with E-state index in [1.807, 2.05) is 31.2 Å². The second kappa shape index (κ2) is 8.47. The fourth-order valence-electron chi connectivity index (χ4n) is 3.73. The number of benzene rings is 1. The van der Waals surface area contributed by atoms with E-state index in [0.717, 1.165) is 24.5 Å². The highest BCUT2D eigenvalue weighted by Crippen LogP contribution is 2.28. The van der Waals surface area contributed by atoms with Crippen LogP contribution in [0.2, 0.25) is 5.02 Å². The summed E-state index contributed by atoms with van der Waals surface area (Å²) in [5.41, 5.74) is 2.23. The first kappa shape index (κ1) is 19.2. The van der Waals surface area contributed by atoms with Gasteiger partial charge in [0.15, 0.2) is 0 Å². The highest BCUT2D eigenvalue weighted by molar-refractivity contribution is 7.10. The number of rotatable bonds is 6. The lowest BCUT2D eigenvalue weighted by molar-refractivity contribution is 0.0938. The molecule has 0 bridgehead atoms. The van der Waals surface area contributed by atoms with Crippen LogP contribution in [0.1, 0.15) is 39.8 Å². The molecule has 1 N–H and O–H groups in total. The minimum atomic E-state index is -0.0912. The fourth-order valence-corrected chi connectivity index (χ4v) is 4.77. The number of thiophene rings is 1. The van der Waals surface area contributed by atoms with Gasteiger partial charge in [-0.25, -0.2) is 4.68 Å². The van der Waals surface area contributed by atoms with E-state index in [2.05, 4.69) is 32.8 Å². The number of hydrogen-bond donors (Lipinski definition) is 1. The molecule has 7 heteroatoms. The van der Waals surface area contributed by atoms with Crippen LogP contribution in [-0.4, -0.2) is 40.2 Å². The predicted octanol–water partition coefficient (Wildman–Crippen LogP) is 4.46. The molecule has 28 heavy (non-hydrogen) atoms. The molecule has 1 atom stereocenters. The van der Waals surface area contributed by atoms with Crippen molar-refractivity contribution in [3.63, 3.8) is 0 Å². The Bertz CT molecular complexity index is 947. The lowest BCUT2D eigenvalue weighted by Gasteiger charge is -2.26. The normalized spacial score (nSPS) is 15.6. The molecule has 0 radical (unpaired) electrons. The van der Waals surface area contributed by atoms with E-state index in [1.165, 1.54) is 17.7 Å². The van der Waals surface area contributed by atoms with Gasteiger partial charge in [0, 0.05) is 16.4 Å². The van der Waals surface area contributed by atoms with Gasteiger partial charge >= 0.3 is 0 Å². The summed E-state index contributed by atoms with van der Waals surface area (Å²) in [7, 11) is 0. The Morgan fingerprint density at radius 3 is 2.82 bits per heavy atom. The summed E-state index contributed by atoms with van der Waals surface area (Å²) in [6.45, 7) is 4.68. The minimum Gasteiger partial charge on any atom is -0.350 e. The van der Waals surface area contributed by atoms with Gasteiger partial charge in [0.25, 0.3) is 5.91 Å². The second-order valence-corrected chi connectivity index (χ2v) is 8.44. The summed E-state index contributed by atoms with van der Waals surface area (Å²) in [4.78, 5) is 16.6. The molecule has 0 saturated carbocycles. The maximum absolute atomic E-state index is 12.9. The maximum Gasteiger partial charge on any atom is 0.254 e. The molecule has 1 aliphatic heterocycles. The lowest BCUT2D eigenvalue weighted by Crippen LogP contribution is -2.36. The van der Waals surface area contributed by atoms with Crippen LogP contribution < -0.4 is 5.32 Å². The van der Waals surface area contributed by atoms with Gasteiger partial charge in [-0.15, -0.1) is 11.3 Å². The van der Waals surface area contributed by atoms with Crippen LogP contribution in [0.15, 0.2) is 48.0 Å². The summed E-state index contributed by atoms with van der Waals surface area (Å²) in [5.74, 6) is -0.0912. The van der Waals surface area contributed by atoms with Crippen molar-refractivity contribution in [3.8, 4) is 5.69 Å². The number of nitrogens with zero attached hydrogens (tertiary/aromatic N) is 3. The first-order valence-electron chi connectivity index (χ1n) is 9.49. The van der Waals surface area contributed by atoms with Crippen LogP contribution in [0.25, 0.3) is 5.69 Å². The molecular formula is C21H23ClN4OS. The molecule has 3 aromatic rings. The van der Waals surface area contributed by atoms with Gasteiger partial charge in [0.05, 0.1) is 29.2 Å². The van der Waals surface area contributed by atoms with E-state index in [0.29, 0.717) is 17.1 Å². The predicted molar refractivity (Wildman–Crippen MR) is 114 cm³/mol. The third kappa shape index (κ3) is 3.99. The largest absolute Gasteiger partial charge is 0.350 e. The molecule has 1 saturated heterocycles. The van der Waals surface area contributed by atoms with Gasteiger partial charge in [-0.3, -0.25) is 9.69 Å². The molecular weight excluding hydrogens is 392 g/mol. The molecule has 146 valence electrons. The summed E-state index contributed by atoms with van der Waals surface area (Å²) in [6, 6.07) is 11.9. The molecule has 0 spiro atoms. The quantitative estimate of drug-likeness (QED) is 0.647. The molecule has 0 aliphatic carbocycles. The van der Waals surface area contributed by atoms with E-state index in [9.17, 15) is 4.79 Å². The Kier molecular flexibility index (Phi) is 5.80. The first-order valence-corrected chi connectivity index (χ1v) is 10.8. The number of carbonyl (C=O) groups is 1. The third-order valence-electron chi connectivity index (χ3n) is 5.22. The molecule has 0 unspecified atom stereocenters. The van der Waals surface area contributed by atoms with Crippen LogP contribution in [0.3, 0.4) is 0 Å². The van der Waals surface area contributed by atoms with Gasteiger partial charge in [-0.05, 0) is 62.5 Å². The average Bonchev–Trinajstić information content (AvgIpc) is 3.44. The standard InChI is InChI=1S/C21H23ClN4OS/c1-15-18(13-24-26(15)17-7-4-6-16(22)12-17)21(27)23-14-19(20-8-5-11-28-20)25-9-2-3-10-25/h4-8,11-13,19H,2-3,9-10,14H2,1H3,(H,23,27)/t19-/m0/s1. The van der Waals surface area contributed by atoms with Crippen molar-refractivity contribution in [2.45, 2.75) is 25.8 Å². The highest BCUT2D eigenvalue weighted by Gasteiger charge is 2.25. The Hall–Kier alpha value is -2.15. The molecule has 1 fully saturated rings. The van der Waals surface area contributed by atoms with E-state index >= 15 is 0 Å². The number of amides is 1. The second-order valence-electron chi connectivity index (χ2n) is 7.02. The molecule has 4 rings (SSSR count). The zero-order valence-electron chi connectivity index (χ0n) is 15.8. The molecule has 5 nitrogen and oxygen atoms in total. The Labute approximate surface area is 173 Å². The van der Waals surface area contributed by atoms with Crippen molar-refractivity contribution in [1.82, 2.24) is 20.0 Å². The highest BCUT2D eigenvalue weighted by atomic mass is 35.5. The zero-order chi connectivity index (χ0) is 19.5. The van der Waals surface area contributed by atoms with Crippen molar-refractivity contribution in [2.75, 3.05) is 19.6 Å². The van der Waals surface area contributed by atoms with Crippen LogP contribution in [-0.2, 0) is 0 Å². The van der Waals surface area contributed by atoms with E-state index in [-0.39, 0.29) is 11.9 Å². The number of likely N-dealkylation sites (tertiary alicyclic amines) is 1. The maximum atomic E-state index is 12.9. The van der Waals surface area contributed by atoms with E-state index < -0.39 is 0 Å². The Morgan fingerprint density at radius 2 is 2.11 bits per heavy atom. The van der Waals surface area contributed by atoms with Crippen LogP contribution in [0, 0.1) is 6.92 Å². The van der Waals surface area contributed by atoms with Crippen LogP contribution in [0.4, 0.5) is 0 Å². The number of nitrogens with one attached hydrogen (secondary N) is 1. The summed E-state index contributed by atoms with van der Waals surface area (Å²) in [6.07, 6.45) is 4.07. The number of halogens is 1. The topological polar surface area (TPSA) is 50.2 Å². The molecule has 1 aromatic carbocycles. The minimum absolute atomic E-state index is 0.0912. The smallest absolute Gasteiger partial charge is 0.254 e. The Balaban J connectivity index is 1.49.